The molecule has 0 radical (unpaired) electrons. The third-order valence-electron chi connectivity index (χ3n) is 8.10. The second kappa shape index (κ2) is 14.3. The minimum Gasteiger partial charge on any atom is -0.467 e. The number of benzene rings is 1. The zero-order valence-electron chi connectivity index (χ0n) is 24.7. The van der Waals surface area contributed by atoms with Crippen molar-refractivity contribution in [2.45, 2.75) is 52.0 Å². The van der Waals surface area contributed by atoms with Gasteiger partial charge in [-0.25, -0.2) is 4.39 Å². The van der Waals surface area contributed by atoms with Crippen molar-refractivity contribution >= 4 is 17.4 Å². The van der Waals surface area contributed by atoms with Crippen LogP contribution in [0.25, 0.3) is 0 Å². The quantitative estimate of drug-likeness (QED) is 0.518. The van der Waals surface area contributed by atoms with E-state index in [0.717, 1.165) is 49.4 Å². The van der Waals surface area contributed by atoms with Crippen LogP contribution >= 0.6 is 0 Å². The summed E-state index contributed by atoms with van der Waals surface area (Å²) in [4.78, 5) is 29.7. The Bertz CT molecular complexity index is 1260. The Hall–Kier alpha value is -3.71. The molecule has 0 saturated carbocycles. The van der Waals surface area contributed by atoms with Gasteiger partial charge >= 0.3 is 6.01 Å². The lowest BCUT2D eigenvalue weighted by Gasteiger charge is -2.38. The van der Waals surface area contributed by atoms with Crippen LogP contribution in [0.4, 0.5) is 15.9 Å². The Morgan fingerprint density at radius 3 is 2.29 bits per heavy atom. The van der Waals surface area contributed by atoms with Crippen LogP contribution in [0.1, 0.15) is 48.6 Å². The molecule has 1 amide bonds. The Labute approximate surface area is 243 Å². The molecule has 41 heavy (non-hydrogen) atoms. The van der Waals surface area contributed by atoms with E-state index in [1.54, 1.807) is 13.2 Å². The average Bonchev–Trinajstić information content (AvgIpc) is 3.68. The highest BCUT2D eigenvalue weighted by molar-refractivity contribution is 5.90. The number of halogens is 1. The van der Waals surface area contributed by atoms with E-state index in [1.165, 1.54) is 61.0 Å². The fourth-order valence-electron chi connectivity index (χ4n) is 6.01. The Morgan fingerprint density at radius 2 is 1.68 bits per heavy atom. The number of piperazine rings is 1. The van der Waals surface area contributed by atoms with Gasteiger partial charge in [0.25, 0.3) is 5.91 Å². The molecule has 0 unspecified atom stereocenters. The van der Waals surface area contributed by atoms with E-state index in [4.69, 9.17) is 15.0 Å². The number of carbonyl (C=O) groups is 1. The number of hydrogen-bond donors (Lipinski definition) is 0. The van der Waals surface area contributed by atoms with Crippen LogP contribution in [-0.2, 0) is 30.6 Å². The normalized spacial score (nSPS) is 17.8. The van der Waals surface area contributed by atoms with E-state index in [0.29, 0.717) is 32.2 Å². The molecule has 0 atom stereocenters. The summed E-state index contributed by atoms with van der Waals surface area (Å²) in [5, 5.41) is 7.32. The summed E-state index contributed by atoms with van der Waals surface area (Å²) in [6.45, 7) is 10.9. The largest absolute Gasteiger partial charge is 0.467 e. The first-order valence-electron chi connectivity index (χ1n) is 14.5. The van der Waals surface area contributed by atoms with Crippen molar-refractivity contribution < 1.29 is 13.9 Å². The van der Waals surface area contributed by atoms with Gasteiger partial charge in [-0.1, -0.05) is 18.7 Å². The van der Waals surface area contributed by atoms with Crippen molar-refractivity contribution in [2.24, 2.45) is 0 Å². The number of nitriles is 1. The van der Waals surface area contributed by atoms with E-state index in [2.05, 4.69) is 51.5 Å². The third-order valence-corrected chi connectivity index (χ3v) is 8.10. The predicted molar refractivity (Wildman–Crippen MR) is 159 cm³/mol. The first-order chi connectivity index (χ1) is 19.9. The van der Waals surface area contributed by atoms with Crippen LogP contribution in [0.15, 0.2) is 30.6 Å². The molecule has 6 rings (SSSR count). The molecule has 2 saturated heterocycles. The third kappa shape index (κ3) is 7.33. The van der Waals surface area contributed by atoms with Gasteiger partial charge in [0.05, 0.1) is 25.4 Å². The molecule has 0 N–H and O–H groups in total. The van der Waals surface area contributed by atoms with Crippen LogP contribution in [0.5, 0.6) is 6.01 Å². The van der Waals surface area contributed by atoms with E-state index < -0.39 is 11.7 Å². The molecule has 1 aromatic carbocycles. The SMILES string of the molecule is C=C(F)C(=O)N1CCN(c2nc(OC)nc3c2CCN(c2cccc4c2CCC4)C3)CC1.CC#N.CN1CCCC1. The number of ether oxygens (including phenoxy) is 1. The summed E-state index contributed by atoms with van der Waals surface area (Å²) in [7, 11) is 3.76. The summed E-state index contributed by atoms with van der Waals surface area (Å²) in [6, 6.07) is 8.74. The molecular weight excluding hydrogens is 521 g/mol. The topological polar surface area (TPSA) is 88.8 Å². The Kier molecular flexibility index (Phi) is 10.5. The number of methoxy groups -OCH3 is 1. The maximum Gasteiger partial charge on any atom is 0.318 e. The van der Waals surface area contributed by atoms with Crippen LogP contribution in [0, 0.1) is 11.3 Å². The van der Waals surface area contributed by atoms with Crippen molar-refractivity contribution in [3.8, 4) is 12.1 Å². The molecule has 10 heteroatoms. The fourth-order valence-corrected chi connectivity index (χ4v) is 6.01. The van der Waals surface area contributed by atoms with Crippen LogP contribution in [0.2, 0.25) is 0 Å². The lowest BCUT2D eigenvalue weighted by Crippen LogP contribution is -2.49. The average molecular weight is 564 g/mol. The summed E-state index contributed by atoms with van der Waals surface area (Å²) in [5.74, 6) is -0.666. The minimum atomic E-state index is -0.910. The maximum atomic E-state index is 13.2. The number of nitrogens with zero attached hydrogens (tertiary/aromatic N) is 7. The van der Waals surface area contributed by atoms with E-state index in [9.17, 15) is 9.18 Å². The summed E-state index contributed by atoms with van der Waals surface area (Å²) < 4.78 is 18.7. The van der Waals surface area contributed by atoms with Gasteiger partial charge < -0.3 is 24.3 Å². The van der Waals surface area contributed by atoms with Gasteiger partial charge in [-0.05, 0) is 75.9 Å². The van der Waals surface area contributed by atoms with Gasteiger partial charge in [-0.3, -0.25) is 4.79 Å². The highest BCUT2D eigenvalue weighted by Crippen LogP contribution is 2.36. The molecule has 220 valence electrons. The van der Waals surface area contributed by atoms with Crippen molar-refractivity contribution in [2.75, 3.05) is 69.8 Å². The highest BCUT2D eigenvalue weighted by atomic mass is 19.1. The zero-order valence-corrected chi connectivity index (χ0v) is 24.7. The van der Waals surface area contributed by atoms with E-state index in [-0.39, 0.29) is 0 Å². The van der Waals surface area contributed by atoms with E-state index in [1.807, 2.05) is 0 Å². The standard InChI is InChI=1S/C24H28FN5O2.C5H11N.C2H3N/c1-16(25)23(31)29-13-11-28(12-14-29)22-19-9-10-30(15-20(19)26-24(27-22)32-2)21-8-4-6-17-5-3-7-18(17)21;1-6-4-2-3-5-6;1-2-3/h4,6,8H,1,3,5,7,9-15H2,2H3;2-5H2,1H3;1H3. The molecule has 4 heterocycles. The number of amides is 1. The molecule has 2 fully saturated rings. The lowest BCUT2D eigenvalue weighted by molar-refractivity contribution is -0.128. The number of anilines is 2. The van der Waals surface area contributed by atoms with Crippen LogP contribution in [-0.4, -0.2) is 85.6 Å². The first kappa shape index (κ1) is 30.3. The van der Waals surface area contributed by atoms with Gasteiger partial charge in [-0.15, -0.1) is 0 Å². The number of hydrogen-bond acceptors (Lipinski definition) is 8. The molecule has 1 aliphatic carbocycles. The monoisotopic (exact) mass is 563 g/mol. The van der Waals surface area contributed by atoms with Crippen molar-refractivity contribution in [1.82, 2.24) is 19.8 Å². The molecule has 3 aliphatic heterocycles. The summed E-state index contributed by atoms with van der Waals surface area (Å²) in [5.41, 5.74) is 6.40. The van der Waals surface area contributed by atoms with Gasteiger partial charge in [0.15, 0.2) is 5.83 Å². The predicted octanol–water partition coefficient (Wildman–Crippen LogP) is 3.91. The number of likely N-dealkylation sites (tertiary alicyclic amines) is 1. The second-order valence-corrected chi connectivity index (χ2v) is 10.8. The number of carbonyl (C=O) groups excluding carboxylic acids is 1. The highest BCUT2D eigenvalue weighted by Gasteiger charge is 2.30. The molecule has 9 nitrogen and oxygen atoms in total. The Morgan fingerprint density at radius 1 is 0.976 bits per heavy atom. The van der Waals surface area contributed by atoms with Crippen LogP contribution in [0.3, 0.4) is 0 Å². The van der Waals surface area contributed by atoms with Gasteiger partial charge in [0.2, 0.25) is 0 Å². The molecule has 1 aromatic heterocycles. The molecule has 0 spiro atoms. The molecule has 4 aliphatic rings. The number of rotatable bonds is 4. The van der Waals surface area contributed by atoms with Gasteiger partial charge in [0.1, 0.15) is 5.82 Å². The minimum absolute atomic E-state index is 0.356. The fraction of sp³-hybridized carbons (Fsp3) is 0.548. The molecular formula is C31H42FN7O2. The van der Waals surface area contributed by atoms with Crippen molar-refractivity contribution in [1.29, 1.82) is 5.26 Å². The Balaban J connectivity index is 0.000000372. The van der Waals surface area contributed by atoms with Gasteiger partial charge in [0, 0.05) is 50.9 Å². The second-order valence-electron chi connectivity index (χ2n) is 10.8. The summed E-state index contributed by atoms with van der Waals surface area (Å²) >= 11 is 0. The summed E-state index contributed by atoms with van der Waals surface area (Å²) in [6.07, 6.45) is 7.20. The number of fused-ring (bicyclic) bond motifs is 2. The van der Waals surface area contributed by atoms with E-state index >= 15 is 0 Å². The maximum absolute atomic E-state index is 13.2. The lowest BCUT2D eigenvalue weighted by atomic mass is 10.0. The zero-order chi connectivity index (χ0) is 29.4. The van der Waals surface area contributed by atoms with Crippen molar-refractivity contribution in [3.63, 3.8) is 0 Å². The van der Waals surface area contributed by atoms with Gasteiger partial charge in [-0.2, -0.15) is 15.2 Å². The molecule has 2 aromatic rings. The first-order valence-corrected chi connectivity index (χ1v) is 14.5. The number of aryl methyl sites for hydroxylation is 1. The number of aromatic nitrogens is 2. The smallest absolute Gasteiger partial charge is 0.318 e. The molecule has 0 bridgehead atoms. The van der Waals surface area contributed by atoms with Crippen LogP contribution < -0.4 is 14.5 Å². The van der Waals surface area contributed by atoms with Crippen molar-refractivity contribution in [3.05, 3.63) is 53.0 Å².